The van der Waals surface area contributed by atoms with Gasteiger partial charge in [-0.05, 0) is 13.8 Å². The number of carbonyl (C=O) groups excluding carboxylic acids is 1. The fraction of sp³-hybridized carbons (Fsp3) is 0.429. The van der Waals surface area contributed by atoms with Crippen molar-refractivity contribution >= 4 is 6.16 Å². The van der Waals surface area contributed by atoms with E-state index in [1.165, 1.54) is 0 Å². The van der Waals surface area contributed by atoms with E-state index in [0.29, 0.717) is 6.61 Å². The summed E-state index contributed by atoms with van der Waals surface area (Å²) in [5.74, 6) is 0.228. The van der Waals surface area contributed by atoms with Crippen molar-refractivity contribution in [2.24, 2.45) is 0 Å². The Kier molecular flexibility index (Phi) is 2.68. The molecule has 0 atom stereocenters. The lowest BCUT2D eigenvalue weighted by molar-refractivity contribution is 0.102. The molecular weight excluding hydrogens is 160 g/mol. The molecule has 0 saturated carbocycles. The fourth-order valence-electron chi connectivity index (χ4n) is 0.678. The summed E-state index contributed by atoms with van der Waals surface area (Å²) in [5.41, 5.74) is 0.828. The van der Waals surface area contributed by atoms with E-state index < -0.39 is 6.16 Å². The minimum absolute atomic E-state index is 0.228. The number of nitrogens with one attached hydrogen (secondary N) is 1. The van der Waals surface area contributed by atoms with Gasteiger partial charge in [-0.3, -0.25) is 5.10 Å². The fourth-order valence-corrected chi connectivity index (χ4v) is 0.678. The first-order valence-electron chi connectivity index (χ1n) is 3.59. The van der Waals surface area contributed by atoms with Gasteiger partial charge >= 0.3 is 6.16 Å². The van der Waals surface area contributed by atoms with Gasteiger partial charge in [-0.25, -0.2) is 4.79 Å². The van der Waals surface area contributed by atoms with Crippen molar-refractivity contribution in [3.63, 3.8) is 0 Å². The monoisotopic (exact) mass is 170 g/mol. The molecule has 0 fully saturated rings. The van der Waals surface area contributed by atoms with Gasteiger partial charge in [0.15, 0.2) is 0 Å². The highest BCUT2D eigenvalue weighted by molar-refractivity contribution is 5.62. The number of aryl methyl sites for hydroxylation is 1. The zero-order chi connectivity index (χ0) is 8.97. The third-order valence-corrected chi connectivity index (χ3v) is 1.13. The second-order valence-corrected chi connectivity index (χ2v) is 2.17. The Morgan fingerprint density at radius 3 is 3.00 bits per heavy atom. The summed E-state index contributed by atoms with van der Waals surface area (Å²) in [7, 11) is 0. The van der Waals surface area contributed by atoms with Gasteiger partial charge in [0.05, 0.1) is 6.61 Å². The molecule has 0 radical (unpaired) electrons. The van der Waals surface area contributed by atoms with Crippen LogP contribution in [0.25, 0.3) is 0 Å². The molecular formula is C7H10N2O3. The molecule has 0 saturated heterocycles. The average molecular weight is 170 g/mol. The van der Waals surface area contributed by atoms with Crippen LogP contribution in [0.5, 0.6) is 5.88 Å². The number of ether oxygens (including phenoxy) is 2. The van der Waals surface area contributed by atoms with Gasteiger partial charge in [-0.1, -0.05) is 0 Å². The van der Waals surface area contributed by atoms with Crippen molar-refractivity contribution in [2.45, 2.75) is 13.8 Å². The number of nitrogens with zero attached hydrogens (tertiary/aromatic N) is 1. The molecule has 1 N–H and O–H groups in total. The first kappa shape index (κ1) is 8.58. The van der Waals surface area contributed by atoms with Crippen LogP contribution in [0.1, 0.15) is 12.6 Å². The van der Waals surface area contributed by atoms with E-state index in [1.807, 2.05) is 6.92 Å². The van der Waals surface area contributed by atoms with Crippen LogP contribution in [-0.4, -0.2) is 23.0 Å². The highest BCUT2D eigenvalue weighted by Crippen LogP contribution is 2.07. The van der Waals surface area contributed by atoms with Crippen LogP contribution in [0.4, 0.5) is 4.79 Å². The van der Waals surface area contributed by atoms with Crippen molar-refractivity contribution in [1.29, 1.82) is 0 Å². The lowest BCUT2D eigenvalue weighted by Gasteiger charge is -1.98. The normalized spacial score (nSPS) is 9.50. The SMILES string of the molecule is CCOC(=O)Oc1cc(C)[nH]n1. The summed E-state index contributed by atoms with van der Waals surface area (Å²) in [6, 6.07) is 1.61. The van der Waals surface area contributed by atoms with E-state index in [-0.39, 0.29) is 5.88 Å². The largest absolute Gasteiger partial charge is 0.515 e. The predicted molar refractivity (Wildman–Crippen MR) is 41.0 cm³/mol. The van der Waals surface area contributed by atoms with Crippen molar-refractivity contribution in [3.05, 3.63) is 11.8 Å². The lowest BCUT2D eigenvalue weighted by atomic mass is 10.5. The first-order chi connectivity index (χ1) is 5.72. The van der Waals surface area contributed by atoms with Crippen LogP contribution in [0.3, 0.4) is 0 Å². The molecule has 5 nitrogen and oxygen atoms in total. The third-order valence-electron chi connectivity index (χ3n) is 1.13. The molecule has 0 aliphatic heterocycles. The summed E-state index contributed by atoms with van der Waals surface area (Å²) in [4.78, 5) is 10.7. The van der Waals surface area contributed by atoms with Crippen molar-refractivity contribution in [3.8, 4) is 5.88 Å². The topological polar surface area (TPSA) is 64.2 Å². The van der Waals surface area contributed by atoms with Gasteiger partial charge in [-0.2, -0.15) is 0 Å². The summed E-state index contributed by atoms with van der Waals surface area (Å²) < 4.78 is 9.21. The quantitative estimate of drug-likeness (QED) is 0.678. The molecule has 0 unspecified atom stereocenters. The number of carbonyl (C=O) groups is 1. The summed E-state index contributed by atoms with van der Waals surface area (Å²) in [5, 5.41) is 6.32. The third kappa shape index (κ3) is 2.26. The number of aromatic amines is 1. The summed E-state index contributed by atoms with van der Waals surface area (Å²) in [6.45, 7) is 3.81. The zero-order valence-electron chi connectivity index (χ0n) is 6.96. The molecule has 1 rings (SSSR count). The lowest BCUT2D eigenvalue weighted by Crippen LogP contribution is -2.10. The van der Waals surface area contributed by atoms with Crippen LogP contribution < -0.4 is 4.74 Å². The maximum atomic E-state index is 10.7. The number of aromatic nitrogens is 2. The van der Waals surface area contributed by atoms with Crippen molar-refractivity contribution in [1.82, 2.24) is 10.2 Å². The summed E-state index contributed by atoms with van der Waals surface area (Å²) in [6.07, 6.45) is -0.732. The Morgan fingerprint density at radius 2 is 2.50 bits per heavy atom. The van der Waals surface area contributed by atoms with Gasteiger partial charge in [0, 0.05) is 11.8 Å². The first-order valence-corrected chi connectivity index (χ1v) is 3.59. The Bertz CT molecular complexity index is 269. The van der Waals surface area contributed by atoms with Crippen LogP contribution >= 0.6 is 0 Å². The second kappa shape index (κ2) is 3.75. The molecule has 1 aromatic rings. The van der Waals surface area contributed by atoms with Crippen LogP contribution in [-0.2, 0) is 4.74 Å². The van der Waals surface area contributed by atoms with Crippen molar-refractivity contribution < 1.29 is 14.3 Å². The van der Waals surface area contributed by atoms with E-state index >= 15 is 0 Å². The Balaban J connectivity index is 2.46. The minimum Gasteiger partial charge on any atom is -0.434 e. The molecule has 0 aliphatic rings. The van der Waals surface area contributed by atoms with Crippen LogP contribution in [0.15, 0.2) is 6.07 Å². The second-order valence-electron chi connectivity index (χ2n) is 2.17. The Morgan fingerprint density at radius 1 is 1.75 bits per heavy atom. The standard InChI is InChI=1S/C7H10N2O3/c1-3-11-7(10)12-6-4-5(2)8-9-6/h4H,3H2,1-2H3,(H,8,9). The van der Waals surface area contributed by atoms with Gasteiger partial charge in [0.2, 0.25) is 5.88 Å². The smallest absolute Gasteiger partial charge is 0.434 e. The van der Waals surface area contributed by atoms with Gasteiger partial charge in [0.1, 0.15) is 0 Å². The molecule has 0 aromatic carbocycles. The number of hydrogen-bond donors (Lipinski definition) is 1. The molecule has 66 valence electrons. The molecule has 0 aliphatic carbocycles. The molecule has 0 spiro atoms. The molecule has 12 heavy (non-hydrogen) atoms. The minimum atomic E-state index is -0.732. The number of hydrogen-bond acceptors (Lipinski definition) is 4. The van der Waals surface area contributed by atoms with E-state index in [4.69, 9.17) is 0 Å². The van der Waals surface area contributed by atoms with Gasteiger partial charge in [-0.15, -0.1) is 5.10 Å². The summed E-state index contributed by atoms with van der Waals surface area (Å²) >= 11 is 0. The van der Waals surface area contributed by atoms with Gasteiger partial charge < -0.3 is 9.47 Å². The van der Waals surface area contributed by atoms with E-state index in [9.17, 15) is 4.79 Å². The molecule has 1 heterocycles. The van der Waals surface area contributed by atoms with Crippen molar-refractivity contribution in [2.75, 3.05) is 6.61 Å². The predicted octanol–water partition coefficient (Wildman–Crippen LogP) is 1.25. The van der Waals surface area contributed by atoms with Gasteiger partial charge in [0.25, 0.3) is 0 Å². The van der Waals surface area contributed by atoms with E-state index in [0.717, 1.165) is 5.69 Å². The highest BCUT2D eigenvalue weighted by atomic mass is 16.7. The maximum absolute atomic E-state index is 10.7. The molecule has 1 aromatic heterocycles. The van der Waals surface area contributed by atoms with Crippen LogP contribution in [0.2, 0.25) is 0 Å². The van der Waals surface area contributed by atoms with E-state index in [1.54, 1.807) is 13.0 Å². The molecule has 5 heteroatoms. The van der Waals surface area contributed by atoms with Crippen LogP contribution in [0, 0.1) is 6.92 Å². The maximum Gasteiger partial charge on any atom is 0.515 e. The molecule has 0 bridgehead atoms. The molecule has 0 amide bonds. The number of H-pyrrole nitrogens is 1. The Hall–Kier alpha value is -1.52. The number of rotatable bonds is 2. The highest BCUT2D eigenvalue weighted by Gasteiger charge is 2.06. The average Bonchev–Trinajstić information content (AvgIpc) is 2.36. The van der Waals surface area contributed by atoms with E-state index in [2.05, 4.69) is 19.7 Å². The Labute approximate surface area is 69.7 Å². The zero-order valence-corrected chi connectivity index (χ0v) is 6.96.